The van der Waals surface area contributed by atoms with Crippen molar-refractivity contribution in [2.75, 3.05) is 18.9 Å². The molecule has 1 aromatic rings. The van der Waals surface area contributed by atoms with Gasteiger partial charge in [-0.05, 0) is 31.4 Å². The first-order valence-electron chi connectivity index (χ1n) is 5.87. The van der Waals surface area contributed by atoms with Gasteiger partial charge in [-0.3, -0.25) is 9.78 Å². The number of anilines is 1. The molecule has 1 aromatic heterocycles. The highest BCUT2D eigenvalue weighted by atomic mass is 16.5. The van der Waals surface area contributed by atoms with Crippen molar-refractivity contribution in [3.63, 3.8) is 0 Å². The Morgan fingerprint density at radius 2 is 2.53 bits per heavy atom. The molecule has 0 bridgehead atoms. The van der Waals surface area contributed by atoms with Gasteiger partial charge < -0.3 is 15.8 Å². The molecular formula is C12H17N3O2. The van der Waals surface area contributed by atoms with E-state index < -0.39 is 0 Å². The molecule has 1 unspecified atom stereocenters. The molecule has 0 aromatic carbocycles. The number of nitrogens with one attached hydrogen (secondary N) is 1. The average Bonchev–Trinajstić information content (AvgIpc) is 2.82. The molecule has 1 saturated heterocycles. The lowest BCUT2D eigenvalue weighted by Gasteiger charge is -2.09. The summed E-state index contributed by atoms with van der Waals surface area (Å²) in [7, 11) is 0. The van der Waals surface area contributed by atoms with Crippen LogP contribution >= 0.6 is 0 Å². The van der Waals surface area contributed by atoms with Crippen LogP contribution in [0, 0.1) is 0 Å². The highest BCUT2D eigenvalue weighted by Gasteiger charge is 2.15. The summed E-state index contributed by atoms with van der Waals surface area (Å²) < 4.78 is 5.47. The Morgan fingerprint density at radius 1 is 1.65 bits per heavy atom. The van der Waals surface area contributed by atoms with E-state index in [0.29, 0.717) is 24.0 Å². The first-order chi connectivity index (χ1) is 8.25. The summed E-state index contributed by atoms with van der Waals surface area (Å²) in [5, 5.41) is 2.82. The summed E-state index contributed by atoms with van der Waals surface area (Å²) in [5.41, 5.74) is 6.49. The molecule has 5 nitrogen and oxygen atoms in total. The maximum atomic E-state index is 11.7. The number of aromatic nitrogens is 1. The number of carbonyl (C=O) groups is 1. The van der Waals surface area contributed by atoms with Gasteiger partial charge in [-0.15, -0.1) is 0 Å². The van der Waals surface area contributed by atoms with E-state index in [1.165, 1.54) is 6.20 Å². The molecule has 1 amide bonds. The molecule has 1 aliphatic rings. The zero-order valence-electron chi connectivity index (χ0n) is 9.69. The van der Waals surface area contributed by atoms with E-state index in [2.05, 4.69) is 10.3 Å². The lowest BCUT2D eigenvalue weighted by molar-refractivity contribution is 0.0903. The van der Waals surface area contributed by atoms with Crippen LogP contribution in [0.4, 0.5) is 5.69 Å². The number of amides is 1. The Kier molecular flexibility index (Phi) is 3.93. The number of nitrogens with zero attached hydrogens (tertiary/aromatic N) is 1. The van der Waals surface area contributed by atoms with Crippen LogP contribution in [-0.4, -0.2) is 30.1 Å². The molecule has 3 N–H and O–H groups in total. The first kappa shape index (κ1) is 11.9. The minimum Gasteiger partial charge on any atom is -0.399 e. The summed E-state index contributed by atoms with van der Waals surface area (Å²) in [6.07, 6.45) is 4.89. The van der Waals surface area contributed by atoms with Crippen molar-refractivity contribution in [1.82, 2.24) is 10.3 Å². The largest absolute Gasteiger partial charge is 0.399 e. The van der Waals surface area contributed by atoms with E-state index in [1.807, 2.05) is 0 Å². The molecule has 1 fully saturated rings. The fraction of sp³-hybridized carbons (Fsp3) is 0.500. The summed E-state index contributed by atoms with van der Waals surface area (Å²) in [6, 6.07) is 3.23. The van der Waals surface area contributed by atoms with Crippen LogP contribution < -0.4 is 11.1 Å². The Labute approximate surface area is 100 Å². The molecule has 17 heavy (non-hydrogen) atoms. The van der Waals surface area contributed by atoms with Crippen LogP contribution in [0.15, 0.2) is 18.3 Å². The zero-order valence-corrected chi connectivity index (χ0v) is 9.69. The maximum absolute atomic E-state index is 11.7. The summed E-state index contributed by atoms with van der Waals surface area (Å²) in [4.78, 5) is 15.7. The number of pyridine rings is 1. The molecule has 2 rings (SSSR count). The molecule has 1 atom stereocenters. The molecule has 0 aliphatic carbocycles. The Balaban J connectivity index is 1.77. The van der Waals surface area contributed by atoms with Gasteiger partial charge in [-0.2, -0.15) is 0 Å². The SMILES string of the molecule is Nc1ccnc(C(=O)NCCC2CCCO2)c1. The molecular weight excluding hydrogens is 218 g/mol. The second-order valence-corrected chi connectivity index (χ2v) is 4.15. The normalized spacial score (nSPS) is 19.2. The maximum Gasteiger partial charge on any atom is 0.269 e. The van der Waals surface area contributed by atoms with Gasteiger partial charge in [0.2, 0.25) is 0 Å². The standard InChI is InChI=1S/C12H17N3O2/c13-9-3-5-14-11(8-9)12(16)15-6-4-10-2-1-7-17-10/h3,5,8,10H,1-2,4,6-7H2,(H2,13,14)(H,15,16). The third-order valence-electron chi connectivity index (χ3n) is 2.79. The minimum absolute atomic E-state index is 0.185. The van der Waals surface area contributed by atoms with Gasteiger partial charge >= 0.3 is 0 Å². The second-order valence-electron chi connectivity index (χ2n) is 4.15. The van der Waals surface area contributed by atoms with Gasteiger partial charge in [-0.25, -0.2) is 0 Å². The van der Waals surface area contributed by atoms with E-state index >= 15 is 0 Å². The lowest BCUT2D eigenvalue weighted by atomic mass is 10.2. The van der Waals surface area contributed by atoms with Gasteiger partial charge in [0, 0.05) is 25.0 Å². The van der Waals surface area contributed by atoms with E-state index in [9.17, 15) is 4.79 Å². The van der Waals surface area contributed by atoms with Gasteiger partial charge in [-0.1, -0.05) is 0 Å². The van der Waals surface area contributed by atoms with Crippen LogP contribution in [0.2, 0.25) is 0 Å². The molecule has 0 spiro atoms. The number of hydrogen-bond acceptors (Lipinski definition) is 4. The fourth-order valence-corrected chi connectivity index (χ4v) is 1.88. The Bertz CT molecular complexity index is 389. The zero-order chi connectivity index (χ0) is 12.1. The van der Waals surface area contributed by atoms with E-state index in [4.69, 9.17) is 10.5 Å². The predicted molar refractivity (Wildman–Crippen MR) is 64.6 cm³/mol. The van der Waals surface area contributed by atoms with Crippen LogP contribution in [-0.2, 0) is 4.74 Å². The van der Waals surface area contributed by atoms with Gasteiger partial charge in [0.15, 0.2) is 0 Å². The van der Waals surface area contributed by atoms with Crippen molar-refractivity contribution < 1.29 is 9.53 Å². The number of carbonyl (C=O) groups excluding carboxylic acids is 1. The number of rotatable bonds is 4. The summed E-state index contributed by atoms with van der Waals surface area (Å²) in [6.45, 7) is 1.45. The van der Waals surface area contributed by atoms with Crippen molar-refractivity contribution in [1.29, 1.82) is 0 Å². The summed E-state index contributed by atoms with van der Waals surface area (Å²) >= 11 is 0. The third kappa shape index (κ3) is 3.42. The smallest absolute Gasteiger partial charge is 0.269 e. The molecule has 0 saturated carbocycles. The number of nitrogens with two attached hydrogens (primary N) is 1. The van der Waals surface area contributed by atoms with Crippen molar-refractivity contribution in [3.05, 3.63) is 24.0 Å². The molecule has 2 heterocycles. The lowest BCUT2D eigenvalue weighted by Crippen LogP contribution is -2.27. The number of hydrogen-bond donors (Lipinski definition) is 2. The van der Waals surface area contributed by atoms with Crippen LogP contribution in [0.25, 0.3) is 0 Å². The summed E-state index contributed by atoms with van der Waals surface area (Å²) in [5.74, 6) is -0.185. The fourth-order valence-electron chi connectivity index (χ4n) is 1.88. The van der Waals surface area contributed by atoms with Crippen molar-refractivity contribution in [2.24, 2.45) is 0 Å². The highest BCUT2D eigenvalue weighted by molar-refractivity contribution is 5.92. The van der Waals surface area contributed by atoms with Crippen molar-refractivity contribution in [3.8, 4) is 0 Å². The topological polar surface area (TPSA) is 77.2 Å². The average molecular weight is 235 g/mol. The highest BCUT2D eigenvalue weighted by Crippen LogP contribution is 2.14. The monoisotopic (exact) mass is 235 g/mol. The molecule has 0 radical (unpaired) electrons. The molecule has 1 aliphatic heterocycles. The van der Waals surface area contributed by atoms with Gasteiger partial charge in [0.05, 0.1) is 6.10 Å². The van der Waals surface area contributed by atoms with Crippen molar-refractivity contribution in [2.45, 2.75) is 25.4 Å². The first-order valence-corrected chi connectivity index (χ1v) is 5.87. The van der Waals surface area contributed by atoms with E-state index in [-0.39, 0.29) is 5.91 Å². The molecule has 5 heteroatoms. The quantitative estimate of drug-likeness (QED) is 0.815. The van der Waals surface area contributed by atoms with Gasteiger partial charge in [0.25, 0.3) is 5.91 Å². The van der Waals surface area contributed by atoms with Crippen LogP contribution in [0.1, 0.15) is 29.8 Å². The van der Waals surface area contributed by atoms with Gasteiger partial charge in [0.1, 0.15) is 5.69 Å². The second kappa shape index (κ2) is 5.63. The van der Waals surface area contributed by atoms with Crippen LogP contribution in [0.3, 0.4) is 0 Å². The molecule has 92 valence electrons. The minimum atomic E-state index is -0.185. The third-order valence-corrected chi connectivity index (χ3v) is 2.79. The predicted octanol–water partition coefficient (Wildman–Crippen LogP) is 0.963. The van der Waals surface area contributed by atoms with E-state index in [1.54, 1.807) is 12.1 Å². The number of ether oxygens (including phenoxy) is 1. The van der Waals surface area contributed by atoms with Crippen molar-refractivity contribution >= 4 is 11.6 Å². The number of nitrogen functional groups attached to an aromatic ring is 1. The van der Waals surface area contributed by atoms with Crippen LogP contribution in [0.5, 0.6) is 0 Å². The Hall–Kier alpha value is -1.62. The van der Waals surface area contributed by atoms with E-state index in [0.717, 1.165) is 25.9 Å². The Morgan fingerprint density at radius 3 is 3.24 bits per heavy atom.